The van der Waals surface area contributed by atoms with Crippen molar-refractivity contribution in [1.82, 2.24) is 4.90 Å². The van der Waals surface area contributed by atoms with Gasteiger partial charge in [-0.1, -0.05) is 6.07 Å². The lowest BCUT2D eigenvalue weighted by molar-refractivity contribution is 0.0940. The molecule has 1 aliphatic heterocycles. The van der Waals surface area contributed by atoms with E-state index in [0.29, 0.717) is 30.3 Å². The van der Waals surface area contributed by atoms with Gasteiger partial charge in [-0.3, -0.25) is 9.69 Å². The van der Waals surface area contributed by atoms with Crippen molar-refractivity contribution < 1.29 is 9.53 Å². The number of rotatable bonds is 5. The first-order chi connectivity index (χ1) is 9.13. The number of ketones is 1. The molecule has 1 heterocycles. The van der Waals surface area contributed by atoms with Crippen LogP contribution >= 0.6 is 0 Å². The highest BCUT2D eigenvalue weighted by atomic mass is 16.5. The van der Waals surface area contributed by atoms with Gasteiger partial charge in [0.25, 0.3) is 0 Å². The minimum atomic E-state index is 0.120. The third-order valence-corrected chi connectivity index (χ3v) is 3.73. The van der Waals surface area contributed by atoms with Crippen LogP contribution in [0, 0.1) is 12.8 Å². The van der Waals surface area contributed by atoms with Crippen molar-refractivity contribution in [2.24, 2.45) is 11.7 Å². The van der Waals surface area contributed by atoms with Crippen molar-refractivity contribution in [3.8, 4) is 5.75 Å². The van der Waals surface area contributed by atoms with Crippen LogP contribution < -0.4 is 10.5 Å². The van der Waals surface area contributed by atoms with E-state index in [1.54, 1.807) is 7.11 Å². The SMILES string of the molecule is COc1cc(C)ccc1C(=O)CN1CCC(CN)C1. The summed E-state index contributed by atoms with van der Waals surface area (Å²) in [6.07, 6.45) is 1.09. The van der Waals surface area contributed by atoms with Crippen LogP contribution in [0.3, 0.4) is 0 Å². The van der Waals surface area contributed by atoms with Crippen LogP contribution in [0.4, 0.5) is 0 Å². The smallest absolute Gasteiger partial charge is 0.180 e. The number of methoxy groups -OCH3 is 1. The van der Waals surface area contributed by atoms with Gasteiger partial charge < -0.3 is 10.5 Å². The van der Waals surface area contributed by atoms with E-state index < -0.39 is 0 Å². The third-order valence-electron chi connectivity index (χ3n) is 3.73. The lowest BCUT2D eigenvalue weighted by Gasteiger charge is -2.16. The fraction of sp³-hybridized carbons (Fsp3) is 0.533. The molecule has 0 saturated carbocycles. The molecule has 0 spiro atoms. The number of hydrogen-bond acceptors (Lipinski definition) is 4. The first-order valence-electron chi connectivity index (χ1n) is 6.74. The summed E-state index contributed by atoms with van der Waals surface area (Å²) < 4.78 is 5.29. The van der Waals surface area contributed by atoms with Gasteiger partial charge in [0.15, 0.2) is 5.78 Å². The van der Waals surface area contributed by atoms with Crippen LogP contribution in [0.2, 0.25) is 0 Å². The highest BCUT2D eigenvalue weighted by Crippen LogP contribution is 2.22. The summed E-state index contributed by atoms with van der Waals surface area (Å²) in [6.45, 7) is 5.04. The zero-order valence-corrected chi connectivity index (χ0v) is 11.7. The lowest BCUT2D eigenvalue weighted by atomic mass is 10.1. The number of carbonyl (C=O) groups excluding carboxylic acids is 1. The van der Waals surface area contributed by atoms with Crippen molar-refractivity contribution >= 4 is 5.78 Å². The molecule has 1 aromatic carbocycles. The van der Waals surface area contributed by atoms with Gasteiger partial charge >= 0.3 is 0 Å². The molecule has 1 fully saturated rings. The molecule has 19 heavy (non-hydrogen) atoms. The highest BCUT2D eigenvalue weighted by molar-refractivity contribution is 6.00. The lowest BCUT2D eigenvalue weighted by Crippen LogP contribution is -2.29. The molecule has 1 aliphatic rings. The van der Waals surface area contributed by atoms with E-state index in [2.05, 4.69) is 4.90 Å². The standard InChI is InChI=1S/C15H22N2O2/c1-11-3-4-13(15(7-11)19-2)14(18)10-17-6-5-12(8-16)9-17/h3-4,7,12H,5-6,8-10,16H2,1-2H3. The molecular formula is C15H22N2O2. The average Bonchev–Trinajstić information content (AvgIpc) is 2.86. The maximum absolute atomic E-state index is 12.3. The quantitative estimate of drug-likeness (QED) is 0.816. The summed E-state index contributed by atoms with van der Waals surface area (Å²) in [6, 6.07) is 5.70. The van der Waals surface area contributed by atoms with Gasteiger partial charge in [0.1, 0.15) is 5.75 Å². The minimum Gasteiger partial charge on any atom is -0.496 e. The number of benzene rings is 1. The van der Waals surface area contributed by atoms with E-state index in [1.165, 1.54) is 0 Å². The summed E-state index contributed by atoms with van der Waals surface area (Å²) >= 11 is 0. The molecule has 1 aromatic rings. The number of Topliss-reactive ketones (excluding diaryl/α,β-unsaturated/α-hetero) is 1. The molecule has 104 valence electrons. The van der Waals surface area contributed by atoms with Gasteiger partial charge in [0.05, 0.1) is 19.2 Å². The minimum absolute atomic E-state index is 0.120. The van der Waals surface area contributed by atoms with Crippen molar-refractivity contribution in [2.45, 2.75) is 13.3 Å². The second-order valence-electron chi connectivity index (χ2n) is 5.25. The van der Waals surface area contributed by atoms with Gasteiger partial charge in [-0.25, -0.2) is 0 Å². The van der Waals surface area contributed by atoms with Crippen molar-refractivity contribution in [2.75, 3.05) is 33.3 Å². The molecule has 1 atom stereocenters. The molecule has 0 aromatic heterocycles. The second kappa shape index (κ2) is 6.17. The van der Waals surface area contributed by atoms with Gasteiger partial charge in [0, 0.05) is 6.54 Å². The molecular weight excluding hydrogens is 240 g/mol. The molecule has 4 heteroatoms. The van der Waals surface area contributed by atoms with Crippen molar-refractivity contribution in [3.05, 3.63) is 29.3 Å². The summed E-state index contributed by atoms with van der Waals surface area (Å²) in [7, 11) is 1.60. The Morgan fingerprint density at radius 3 is 2.95 bits per heavy atom. The molecule has 1 saturated heterocycles. The predicted molar refractivity (Wildman–Crippen MR) is 75.7 cm³/mol. The Kier molecular flexibility index (Phi) is 4.56. The summed E-state index contributed by atoms with van der Waals surface area (Å²) in [4.78, 5) is 14.5. The predicted octanol–water partition coefficient (Wildman–Crippen LogP) is 1.47. The van der Waals surface area contributed by atoms with Gasteiger partial charge in [-0.2, -0.15) is 0 Å². The molecule has 0 bridgehead atoms. The third kappa shape index (κ3) is 3.33. The Morgan fingerprint density at radius 1 is 1.53 bits per heavy atom. The molecule has 4 nitrogen and oxygen atoms in total. The Labute approximate surface area is 114 Å². The normalized spacial score (nSPS) is 19.6. The van der Waals surface area contributed by atoms with Gasteiger partial charge in [-0.15, -0.1) is 0 Å². The van der Waals surface area contributed by atoms with Gasteiger partial charge in [0.2, 0.25) is 0 Å². The fourth-order valence-corrected chi connectivity index (χ4v) is 2.57. The molecule has 2 rings (SSSR count). The van der Waals surface area contributed by atoms with E-state index >= 15 is 0 Å². The van der Waals surface area contributed by atoms with E-state index in [1.807, 2.05) is 25.1 Å². The molecule has 1 unspecified atom stereocenters. The summed E-state index contributed by atoms with van der Waals surface area (Å²) in [5, 5.41) is 0. The maximum Gasteiger partial charge on any atom is 0.180 e. The number of aryl methyl sites for hydroxylation is 1. The monoisotopic (exact) mass is 262 g/mol. The van der Waals surface area contributed by atoms with Crippen LogP contribution in [-0.2, 0) is 0 Å². The fourth-order valence-electron chi connectivity index (χ4n) is 2.57. The van der Waals surface area contributed by atoms with E-state index in [0.717, 1.165) is 25.1 Å². The number of likely N-dealkylation sites (tertiary alicyclic amines) is 1. The summed E-state index contributed by atoms with van der Waals surface area (Å²) in [5.41, 5.74) is 7.43. The molecule has 2 N–H and O–H groups in total. The van der Waals surface area contributed by atoms with E-state index in [4.69, 9.17) is 10.5 Å². The Morgan fingerprint density at radius 2 is 2.32 bits per heavy atom. The first kappa shape index (κ1) is 14.0. The van der Waals surface area contributed by atoms with Crippen LogP contribution in [0.1, 0.15) is 22.3 Å². The molecule has 0 aliphatic carbocycles. The number of ether oxygens (including phenoxy) is 1. The number of carbonyl (C=O) groups is 1. The van der Waals surface area contributed by atoms with Crippen LogP contribution in [0.15, 0.2) is 18.2 Å². The Balaban J connectivity index is 2.04. The van der Waals surface area contributed by atoms with E-state index in [-0.39, 0.29) is 5.78 Å². The second-order valence-corrected chi connectivity index (χ2v) is 5.25. The molecule has 0 amide bonds. The largest absolute Gasteiger partial charge is 0.496 e. The number of nitrogens with two attached hydrogens (primary N) is 1. The topological polar surface area (TPSA) is 55.6 Å². The van der Waals surface area contributed by atoms with Crippen LogP contribution in [0.5, 0.6) is 5.75 Å². The average molecular weight is 262 g/mol. The van der Waals surface area contributed by atoms with E-state index in [9.17, 15) is 4.79 Å². The first-order valence-corrected chi connectivity index (χ1v) is 6.74. The number of nitrogens with zero attached hydrogens (tertiary/aromatic N) is 1. The van der Waals surface area contributed by atoms with Gasteiger partial charge in [-0.05, 0) is 50.0 Å². The maximum atomic E-state index is 12.3. The zero-order chi connectivity index (χ0) is 13.8. The van der Waals surface area contributed by atoms with Crippen molar-refractivity contribution in [3.63, 3.8) is 0 Å². The van der Waals surface area contributed by atoms with Crippen LogP contribution in [-0.4, -0.2) is 44.0 Å². The highest BCUT2D eigenvalue weighted by Gasteiger charge is 2.24. The Hall–Kier alpha value is -1.39. The number of hydrogen-bond donors (Lipinski definition) is 1. The Bertz CT molecular complexity index is 459. The zero-order valence-electron chi connectivity index (χ0n) is 11.7. The van der Waals surface area contributed by atoms with Crippen molar-refractivity contribution in [1.29, 1.82) is 0 Å². The summed E-state index contributed by atoms with van der Waals surface area (Å²) in [5.74, 6) is 1.32. The van der Waals surface area contributed by atoms with Crippen LogP contribution in [0.25, 0.3) is 0 Å². The molecule has 0 radical (unpaired) electrons.